The predicted octanol–water partition coefficient (Wildman–Crippen LogP) is 0.514. The molecule has 0 bridgehead atoms. The Morgan fingerprint density at radius 3 is 2.96 bits per heavy atom. The second-order valence-electron chi connectivity index (χ2n) is 5.06. The van der Waals surface area contributed by atoms with E-state index in [1.165, 1.54) is 0 Å². The molecule has 3 rings (SSSR count). The number of carbonyl (C=O) groups excluding carboxylic acids is 2. The molecule has 0 spiro atoms. The van der Waals surface area contributed by atoms with Crippen LogP contribution in [-0.2, 0) is 18.4 Å². The highest BCUT2D eigenvalue weighted by molar-refractivity contribution is 5.99. The van der Waals surface area contributed by atoms with Gasteiger partial charge in [-0.15, -0.1) is 0 Å². The summed E-state index contributed by atoms with van der Waals surface area (Å²) in [5, 5.41) is 9.36. The standard InChI is InChI=1S/C15H17N5O3/c1-19-11-3-8-23-13(11)9-12(19)15(22)17-10-14(21)16-5-7-20-6-2-4-18-20/h2-4,6,8-9H,5,7,10H2,1H3,(H,16,21)(H,17,22). The Labute approximate surface area is 132 Å². The molecule has 8 heteroatoms. The number of hydrogen-bond acceptors (Lipinski definition) is 4. The molecule has 0 unspecified atom stereocenters. The molecule has 0 aromatic carbocycles. The van der Waals surface area contributed by atoms with Crippen molar-refractivity contribution in [3.05, 3.63) is 42.5 Å². The normalized spacial score (nSPS) is 10.8. The number of aromatic nitrogens is 3. The Kier molecular flexibility index (Phi) is 4.13. The first-order valence-corrected chi connectivity index (χ1v) is 7.20. The Hall–Kier alpha value is -3.03. The molecule has 0 aliphatic carbocycles. The van der Waals surface area contributed by atoms with E-state index in [9.17, 15) is 9.59 Å². The molecule has 23 heavy (non-hydrogen) atoms. The highest BCUT2D eigenvalue weighted by atomic mass is 16.3. The van der Waals surface area contributed by atoms with E-state index in [4.69, 9.17) is 4.42 Å². The van der Waals surface area contributed by atoms with Gasteiger partial charge in [0.25, 0.3) is 5.91 Å². The molecule has 0 aliphatic heterocycles. The van der Waals surface area contributed by atoms with Crippen molar-refractivity contribution in [2.24, 2.45) is 7.05 Å². The highest BCUT2D eigenvalue weighted by Gasteiger charge is 2.15. The number of furan rings is 1. The van der Waals surface area contributed by atoms with Crippen LogP contribution in [0.25, 0.3) is 11.1 Å². The van der Waals surface area contributed by atoms with Gasteiger partial charge in [-0.25, -0.2) is 0 Å². The fourth-order valence-electron chi connectivity index (χ4n) is 2.32. The van der Waals surface area contributed by atoms with Crippen molar-refractivity contribution in [3.8, 4) is 0 Å². The molecule has 0 saturated carbocycles. The summed E-state index contributed by atoms with van der Waals surface area (Å²) in [6.45, 7) is 0.957. The van der Waals surface area contributed by atoms with Crippen LogP contribution in [0, 0.1) is 0 Å². The first-order valence-electron chi connectivity index (χ1n) is 7.20. The summed E-state index contributed by atoms with van der Waals surface area (Å²) in [6.07, 6.45) is 5.07. The fraction of sp³-hybridized carbons (Fsp3) is 0.267. The zero-order valence-electron chi connectivity index (χ0n) is 12.7. The van der Waals surface area contributed by atoms with E-state index in [-0.39, 0.29) is 18.4 Å². The highest BCUT2D eigenvalue weighted by Crippen LogP contribution is 2.19. The van der Waals surface area contributed by atoms with Crippen molar-refractivity contribution < 1.29 is 14.0 Å². The third-order valence-electron chi connectivity index (χ3n) is 3.53. The van der Waals surface area contributed by atoms with Crippen LogP contribution < -0.4 is 10.6 Å². The van der Waals surface area contributed by atoms with Crippen LogP contribution in [0.4, 0.5) is 0 Å². The summed E-state index contributed by atoms with van der Waals surface area (Å²) < 4.78 is 8.70. The molecule has 0 atom stereocenters. The van der Waals surface area contributed by atoms with Gasteiger partial charge in [0.15, 0.2) is 5.58 Å². The number of nitrogens with one attached hydrogen (secondary N) is 2. The smallest absolute Gasteiger partial charge is 0.268 e. The molecule has 3 aromatic rings. The second-order valence-corrected chi connectivity index (χ2v) is 5.06. The lowest BCUT2D eigenvalue weighted by Crippen LogP contribution is -2.38. The van der Waals surface area contributed by atoms with Gasteiger partial charge in [0, 0.05) is 38.1 Å². The molecule has 2 amide bonds. The molecule has 0 radical (unpaired) electrons. The number of nitrogens with zero attached hydrogens (tertiary/aromatic N) is 3. The van der Waals surface area contributed by atoms with Crippen LogP contribution in [0.3, 0.4) is 0 Å². The number of fused-ring (bicyclic) bond motifs is 1. The summed E-state index contributed by atoms with van der Waals surface area (Å²) in [5.41, 5.74) is 1.92. The van der Waals surface area contributed by atoms with Crippen molar-refractivity contribution in [1.29, 1.82) is 0 Å². The molecule has 120 valence electrons. The monoisotopic (exact) mass is 315 g/mol. The lowest BCUT2D eigenvalue weighted by atomic mass is 10.4. The molecular formula is C15H17N5O3. The Morgan fingerprint density at radius 1 is 1.35 bits per heavy atom. The van der Waals surface area contributed by atoms with E-state index in [2.05, 4.69) is 15.7 Å². The van der Waals surface area contributed by atoms with Gasteiger partial charge in [0.05, 0.1) is 24.9 Å². The quantitative estimate of drug-likeness (QED) is 0.693. The van der Waals surface area contributed by atoms with E-state index in [0.29, 0.717) is 24.4 Å². The van der Waals surface area contributed by atoms with E-state index in [1.807, 2.05) is 12.3 Å². The summed E-state index contributed by atoms with van der Waals surface area (Å²) in [6, 6.07) is 5.26. The van der Waals surface area contributed by atoms with E-state index < -0.39 is 0 Å². The summed E-state index contributed by atoms with van der Waals surface area (Å²) in [5.74, 6) is -0.565. The average Bonchev–Trinajstić information content (AvgIpc) is 3.24. The van der Waals surface area contributed by atoms with Crippen LogP contribution in [0.15, 0.2) is 41.3 Å². The molecule has 0 saturated heterocycles. The van der Waals surface area contributed by atoms with Crippen molar-refractivity contribution in [3.63, 3.8) is 0 Å². The first kappa shape index (κ1) is 14.9. The zero-order chi connectivity index (χ0) is 16.2. The number of carbonyl (C=O) groups is 2. The van der Waals surface area contributed by atoms with Crippen LogP contribution in [-0.4, -0.2) is 39.3 Å². The molecule has 2 N–H and O–H groups in total. The minimum Gasteiger partial charge on any atom is -0.463 e. The van der Waals surface area contributed by atoms with Gasteiger partial charge in [-0.05, 0) is 6.07 Å². The van der Waals surface area contributed by atoms with Crippen LogP contribution in [0.2, 0.25) is 0 Å². The molecule has 8 nitrogen and oxygen atoms in total. The largest absolute Gasteiger partial charge is 0.463 e. The average molecular weight is 315 g/mol. The lowest BCUT2D eigenvalue weighted by molar-refractivity contribution is -0.120. The van der Waals surface area contributed by atoms with E-state index in [0.717, 1.165) is 5.52 Å². The first-order chi connectivity index (χ1) is 11.1. The van der Waals surface area contributed by atoms with Crippen molar-refractivity contribution >= 4 is 22.9 Å². The summed E-state index contributed by atoms with van der Waals surface area (Å²) >= 11 is 0. The van der Waals surface area contributed by atoms with Gasteiger partial charge in [-0.3, -0.25) is 14.3 Å². The summed E-state index contributed by atoms with van der Waals surface area (Å²) in [4.78, 5) is 23.9. The van der Waals surface area contributed by atoms with Gasteiger partial charge in [-0.2, -0.15) is 5.10 Å². The van der Waals surface area contributed by atoms with Crippen molar-refractivity contribution in [2.75, 3.05) is 13.1 Å². The maximum Gasteiger partial charge on any atom is 0.268 e. The van der Waals surface area contributed by atoms with E-state index >= 15 is 0 Å². The van der Waals surface area contributed by atoms with E-state index in [1.54, 1.807) is 40.9 Å². The van der Waals surface area contributed by atoms with Crippen LogP contribution in [0.5, 0.6) is 0 Å². The lowest BCUT2D eigenvalue weighted by Gasteiger charge is -2.07. The Balaban J connectivity index is 1.47. The third-order valence-corrected chi connectivity index (χ3v) is 3.53. The maximum absolute atomic E-state index is 12.1. The molecule has 0 aliphatic rings. The SMILES string of the molecule is Cn1c(C(=O)NCC(=O)NCCn2cccn2)cc2occc21. The van der Waals surface area contributed by atoms with Gasteiger partial charge in [0.2, 0.25) is 5.91 Å². The molecule has 3 aromatic heterocycles. The number of rotatable bonds is 6. The predicted molar refractivity (Wildman–Crippen MR) is 82.8 cm³/mol. The van der Waals surface area contributed by atoms with Gasteiger partial charge < -0.3 is 19.6 Å². The van der Waals surface area contributed by atoms with Crippen molar-refractivity contribution in [2.45, 2.75) is 6.54 Å². The summed E-state index contributed by atoms with van der Waals surface area (Å²) in [7, 11) is 1.77. The zero-order valence-corrected chi connectivity index (χ0v) is 12.7. The Bertz CT molecular complexity index is 816. The van der Waals surface area contributed by atoms with Crippen LogP contribution in [0.1, 0.15) is 10.5 Å². The minimum atomic E-state index is -0.318. The topological polar surface area (TPSA) is 94.1 Å². The maximum atomic E-state index is 12.1. The number of aryl methyl sites for hydroxylation is 1. The Morgan fingerprint density at radius 2 is 2.22 bits per heavy atom. The second kappa shape index (κ2) is 6.39. The van der Waals surface area contributed by atoms with Gasteiger partial charge in [-0.1, -0.05) is 0 Å². The molecule has 0 fully saturated rings. The minimum absolute atomic E-state index is 0.0789. The van der Waals surface area contributed by atoms with Gasteiger partial charge >= 0.3 is 0 Å². The third kappa shape index (κ3) is 3.25. The molecule has 3 heterocycles. The van der Waals surface area contributed by atoms with Gasteiger partial charge in [0.1, 0.15) is 5.69 Å². The molecular weight excluding hydrogens is 298 g/mol. The van der Waals surface area contributed by atoms with Crippen LogP contribution >= 0.6 is 0 Å². The van der Waals surface area contributed by atoms with Crippen molar-refractivity contribution in [1.82, 2.24) is 25.0 Å². The fourth-order valence-corrected chi connectivity index (χ4v) is 2.32. The number of hydrogen-bond donors (Lipinski definition) is 2. The number of amides is 2.